The molecule has 3 aromatic rings. The summed E-state index contributed by atoms with van der Waals surface area (Å²) in [6.07, 6.45) is 4.50. The number of hydrogen-bond donors (Lipinski definition) is 0. The number of nitriles is 1. The molecule has 29 heavy (non-hydrogen) atoms. The third kappa shape index (κ3) is 4.41. The first-order chi connectivity index (χ1) is 14.3. The van der Waals surface area contributed by atoms with Crippen molar-refractivity contribution in [2.75, 3.05) is 5.75 Å². The number of rotatable bonds is 6. The molecule has 4 heteroatoms. The van der Waals surface area contributed by atoms with Crippen LogP contribution in [0.4, 0.5) is 0 Å². The zero-order valence-corrected chi connectivity index (χ0v) is 17.0. The first kappa shape index (κ1) is 19.4. The molecule has 0 saturated carbocycles. The minimum absolute atomic E-state index is 0.144. The number of Topliss-reactive ketones (excluding diaryl/α,β-unsaturated/α-hetero) is 1. The Kier molecular flexibility index (Phi) is 6.07. The lowest BCUT2D eigenvalue weighted by atomic mass is 9.86. The van der Waals surface area contributed by atoms with Gasteiger partial charge < -0.3 is 0 Å². The Hall–Kier alpha value is -2.90. The van der Waals surface area contributed by atoms with Crippen LogP contribution in [0.15, 0.2) is 65.7 Å². The van der Waals surface area contributed by atoms with Crippen molar-refractivity contribution < 1.29 is 4.79 Å². The Morgan fingerprint density at radius 3 is 2.31 bits per heavy atom. The number of carbonyl (C=O) groups is 1. The van der Waals surface area contributed by atoms with E-state index < -0.39 is 0 Å². The minimum atomic E-state index is 0.144. The van der Waals surface area contributed by atoms with Crippen LogP contribution in [-0.4, -0.2) is 16.5 Å². The van der Waals surface area contributed by atoms with Gasteiger partial charge in [-0.25, -0.2) is 4.98 Å². The van der Waals surface area contributed by atoms with Gasteiger partial charge in [-0.05, 0) is 42.4 Å². The van der Waals surface area contributed by atoms with Crippen LogP contribution in [-0.2, 0) is 24.1 Å². The number of carbonyl (C=O) groups excluding carboxylic acids is 1. The maximum absolute atomic E-state index is 12.5. The van der Waals surface area contributed by atoms with Crippen molar-refractivity contribution >= 4 is 17.5 Å². The molecule has 4 rings (SSSR count). The highest BCUT2D eigenvalue weighted by Crippen LogP contribution is 2.36. The van der Waals surface area contributed by atoms with Crippen LogP contribution in [0.25, 0.3) is 11.3 Å². The van der Waals surface area contributed by atoms with Gasteiger partial charge >= 0.3 is 0 Å². The summed E-state index contributed by atoms with van der Waals surface area (Å²) in [4.78, 5) is 17.4. The molecule has 0 amide bonds. The summed E-state index contributed by atoms with van der Waals surface area (Å²) in [5.74, 6) is 0.467. The lowest BCUT2D eigenvalue weighted by Gasteiger charge is -2.22. The molecule has 0 aliphatic heterocycles. The predicted octanol–water partition coefficient (Wildman–Crippen LogP) is 5.40. The van der Waals surface area contributed by atoms with Crippen LogP contribution in [0, 0.1) is 11.3 Å². The maximum Gasteiger partial charge on any atom is 0.147 e. The number of pyridine rings is 1. The Morgan fingerprint density at radius 1 is 0.966 bits per heavy atom. The van der Waals surface area contributed by atoms with E-state index in [-0.39, 0.29) is 5.78 Å². The smallest absolute Gasteiger partial charge is 0.147 e. The van der Waals surface area contributed by atoms with Crippen molar-refractivity contribution in [3.8, 4) is 17.3 Å². The maximum atomic E-state index is 12.5. The van der Waals surface area contributed by atoms with E-state index in [9.17, 15) is 10.1 Å². The van der Waals surface area contributed by atoms with Crippen molar-refractivity contribution in [3.05, 3.63) is 82.9 Å². The summed E-state index contributed by atoms with van der Waals surface area (Å²) in [5, 5.41) is 10.5. The molecule has 1 aliphatic rings. The molecule has 0 saturated heterocycles. The standard InChI is InChI=1S/C25H22N2OS/c26-16-23-21-13-7-8-14-22(21)24(19-11-5-2-6-12-19)27-25(23)29-17-20(28)15-18-9-3-1-4-10-18/h1-6,9-12H,7-8,13-15,17H2. The molecule has 1 aliphatic carbocycles. The number of fused-ring (bicyclic) bond motifs is 1. The van der Waals surface area contributed by atoms with Gasteiger partial charge in [0, 0.05) is 12.0 Å². The van der Waals surface area contributed by atoms with Gasteiger partial charge in [0.05, 0.1) is 17.0 Å². The molecule has 1 heterocycles. The van der Waals surface area contributed by atoms with E-state index >= 15 is 0 Å². The van der Waals surface area contributed by atoms with Gasteiger partial charge in [-0.15, -0.1) is 0 Å². The van der Waals surface area contributed by atoms with E-state index in [1.54, 1.807) is 0 Å². The average Bonchev–Trinajstić information content (AvgIpc) is 2.78. The zero-order chi connectivity index (χ0) is 20.1. The summed E-state index contributed by atoms with van der Waals surface area (Å²) in [5.41, 5.74) is 6.06. The van der Waals surface area contributed by atoms with E-state index in [4.69, 9.17) is 4.98 Å². The Morgan fingerprint density at radius 2 is 1.62 bits per heavy atom. The lowest BCUT2D eigenvalue weighted by molar-refractivity contribution is -0.116. The first-order valence-corrected chi connectivity index (χ1v) is 10.9. The summed E-state index contributed by atoms with van der Waals surface area (Å²) < 4.78 is 0. The van der Waals surface area contributed by atoms with Gasteiger partial charge in [0.1, 0.15) is 16.9 Å². The molecule has 0 unspecified atom stereocenters. The van der Waals surface area contributed by atoms with Crippen LogP contribution < -0.4 is 0 Å². The van der Waals surface area contributed by atoms with Crippen LogP contribution in [0.5, 0.6) is 0 Å². The Balaban J connectivity index is 1.64. The van der Waals surface area contributed by atoms with Crippen molar-refractivity contribution in [3.63, 3.8) is 0 Å². The highest BCUT2D eigenvalue weighted by molar-refractivity contribution is 8.00. The molecule has 0 atom stereocenters. The molecular weight excluding hydrogens is 376 g/mol. The normalized spacial score (nSPS) is 12.8. The third-order valence-electron chi connectivity index (χ3n) is 5.26. The zero-order valence-electron chi connectivity index (χ0n) is 16.2. The SMILES string of the molecule is N#Cc1c(SCC(=O)Cc2ccccc2)nc(-c2ccccc2)c2c1CCCC2. The number of benzene rings is 2. The van der Waals surface area contributed by atoms with Gasteiger partial charge in [0.2, 0.25) is 0 Å². The van der Waals surface area contributed by atoms with Crippen LogP contribution in [0.1, 0.15) is 35.1 Å². The summed E-state index contributed by atoms with van der Waals surface area (Å²) >= 11 is 1.40. The van der Waals surface area contributed by atoms with Crippen LogP contribution in [0.3, 0.4) is 0 Å². The highest BCUT2D eigenvalue weighted by atomic mass is 32.2. The molecule has 0 bridgehead atoms. The second kappa shape index (κ2) is 9.07. The topological polar surface area (TPSA) is 53.8 Å². The van der Waals surface area contributed by atoms with Crippen LogP contribution >= 0.6 is 11.8 Å². The fraction of sp³-hybridized carbons (Fsp3) is 0.240. The van der Waals surface area contributed by atoms with Gasteiger partial charge in [0.15, 0.2) is 0 Å². The molecule has 0 N–H and O–H groups in total. The monoisotopic (exact) mass is 398 g/mol. The second-order valence-corrected chi connectivity index (χ2v) is 8.24. The molecule has 2 aromatic carbocycles. The largest absolute Gasteiger partial charge is 0.298 e. The predicted molar refractivity (Wildman–Crippen MR) is 117 cm³/mol. The van der Waals surface area contributed by atoms with Gasteiger partial charge in [-0.2, -0.15) is 5.26 Å². The van der Waals surface area contributed by atoms with Crippen LogP contribution in [0.2, 0.25) is 0 Å². The third-order valence-corrected chi connectivity index (χ3v) is 6.29. The van der Waals surface area contributed by atoms with E-state index in [0.29, 0.717) is 22.8 Å². The average molecular weight is 399 g/mol. The Labute approximate surface area is 175 Å². The van der Waals surface area contributed by atoms with Gasteiger partial charge in [0.25, 0.3) is 0 Å². The highest BCUT2D eigenvalue weighted by Gasteiger charge is 2.23. The van der Waals surface area contributed by atoms with E-state index in [0.717, 1.165) is 48.1 Å². The number of ketones is 1. The van der Waals surface area contributed by atoms with Crippen molar-refractivity contribution in [2.24, 2.45) is 0 Å². The quantitative estimate of drug-likeness (QED) is 0.522. The number of thioether (sulfide) groups is 1. The van der Waals surface area contributed by atoms with Crippen molar-refractivity contribution in [1.29, 1.82) is 5.26 Å². The molecule has 0 spiro atoms. The fourth-order valence-electron chi connectivity index (χ4n) is 3.87. The van der Waals surface area contributed by atoms with E-state index in [1.165, 1.54) is 17.3 Å². The molecule has 144 valence electrons. The lowest BCUT2D eigenvalue weighted by Crippen LogP contribution is -2.12. The number of hydrogen-bond acceptors (Lipinski definition) is 4. The minimum Gasteiger partial charge on any atom is -0.298 e. The van der Waals surface area contributed by atoms with E-state index in [2.05, 4.69) is 18.2 Å². The summed E-state index contributed by atoms with van der Waals surface area (Å²) in [6.45, 7) is 0. The number of nitrogens with zero attached hydrogens (tertiary/aromatic N) is 2. The second-order valence-electron chi connectivity index (χ2n) is 7.27. The molecule has 0 radical (unpaired) electrons. The fourth-order valence-corrected chi connectivity index (χ4v) is 4.74. The number of aromatic nitrogens is 1. The summed E-state index contributed by atoms with van der Waals surface area (Å²) in [6, 6.07) is 22.3. The van der Waals surface area contributed by atoms with Crippen molar-refractivity contribution in [1.82, 2.24) is 4.98 Å². The molecule has 1 aromatic heterocycles. The molecular formula is C25H22N2OS. The van der Waals surface area contributed by atoms with Gasteiger partial charge in [-0.1, -0.05) is 72.4 Å². The van der Waals surface area contributed by atoms with E-state index in [1.807, 2.05) is 48.5 Å². The molecule has 0 fully saturated rings. The first-order valence-electron chi connectivity index (χ1n) is 9.96. The molecule has 3 nitrogen and oxygen atoms in total. The van der Waals surface area contributed by atoms with Gasteiger partial charge in [-0.3, -0.25) is 4.79 Å². The summed E-state index contributed by atoms with van der Waals surface area (Å²) in [7, 11) is 0. The Bertz CT molecular complexity index is 1060. The van der Waals surface area contributed by atoms with Crippen molar-refractivity contribution in [2.45, 2.75) is 37.1 Å².